The van der Waals surface area contributed by atoms with Crippen LogP contribution in [-0.4, -0.2) is 39.6 Å². The number of Topliss-reactive ketones (excluding diaryl/α,β-unsaturated/α-hetero) is 1. The number of halogens is 2. The van der Waals surface area contributed by atoms with Crippen molar-refractivity contribution in [3.05, 3.63) is 53.9 Å². The van der Waals surface area contributed by atoms with Crippen molar-refractivity contribution < 1.29 is 18.4 Å². The predicted octanol–water partition coefficient (Wildman–Crippen LogP) is 2.10. The number of hydrogen-bond donors (Lipinski definition) is 1. The molecule has 0 unspecified atom stereocenters. The lowest BCUT2D eigenvalue weighted by atomic mass is 9.63. The van der Waals surface area contributed by atoms with Crippen molar-refractivity contribution in [2.75, 3.05) is 6.54 Å². The second-order valence-electron chi connectivity index (χ2n) is 6.38. The molecule has 136 valence electrons. The largest absolute Gasteiger partial charge is 0.344 e. The van der Waals surface area contributed by atoms with E-state index in [1.165, 1.54) is 12.4 Å². The number of amides is 1. The third-order valence-electron chi connectivity index (χ3n) is 4.73. The van der Waals surface area contributed by atoms with Gasteiger partial charge in [-0.05, 0) is 24.5 Å². The Morgan fingerprint density at radius 2 is 1.92 bits per heavy atom. The van der Waals surface area contributed by atoms with Crippen LogP contribution in [0.1, 0.15) is 41.0 Å². The Morgan fingerprint density at radius 1 is 1.19 bits per heavy atom. The van der Waals surface area contributed by atoms with E-state index in [0.717, 1.165) is 24.8 Å². The van der Waals surface area contributed by atoms with Gasteiger partial charge in [-0.15, -0.1) is 0 Å². The van der Waals surface area contributed by atoms with Crippen LogP contribution in [0.4, 0.5) is 8.78 Å². The lowest BCUT2D eigenvalue weighted by Gasteiger charge is -2.41. The first-order valence-corrected chi connectivity index (χ1v) is 8.31. The second kappa shape index (κ2) is 7.63. The van der Waals surface area contributed by atoms with Gasteiger partial charge in [0, 0.05) is 36.6 Å². The molecule has 1 aliphatic carbocycles. The summed E-state index contributed by atoms with van der Waals surface area (Å²) in [5.74, 6) is -1.38. The molecule has 0 spiro atoms. The summed E-state index contributed by atoms with van der Waals surface area (Å²) in [6.07, 6.45) is 7.04. The van der Waals surface area contributed by atoms with Gasteiger partial charge in [-0.3, -0.25) is 14.6 Å². The number of ketones is 1. The zero-order valence-corrected chi connectivity index (χ0v) is 14.0. The first-order valence-electron chi connectivity index (χ1n) is 8.31. The molecule has 3 rings (SSSR count). The van der Waals surface area contributed by atoms with Gasteiger partial charge in [-0.1, -0.05) is 12.5 Å². The Balaban J connectivity index is 1.64. The minimum Gasteiger partial charge on any atom is -0.344 e. The quantitative estimate of drug-likeness (QED) is 0.765. The van der Waals surface area contributed by atoms with Crippen molar-refractivity contribution in [2.45, 2.75) is 37.5 Å². The Hall–Kier alpha value is -2.77. The fourth-order valence-electron chi connectivity index (χ4n) is 3.09. The average Bonchev–Trinajstić information content (AvgIpc) is 2.63. The summed E-state index contributed by atoms with van der Waals surface area (Å²) in [6, 6.07) is 3.96. The van der Waals surface area contributed by atoms with E-state index in [4.69, 9.17) is 0 Å². The van der Waals surface area contributed by atoms with Crippen LogP contribution in [0.15, 0.2) is 36.9 Å². The molecule has 0 bridgehead atoms. The molecule has 2 heterocycles. The molecule has 2 aromatic rings. The Bertz CT molecular complexity index is 778. The number of pyridine rings is 1. The number of carbonyl (C=O) groups is 2. The van der Waals surface area contributed by atoms with Crippen LogP contribution in [0.3, 0.4) is 0 Å². The number of nitrogens with zero attached hydrogens (tertiary/aromatic N) is 3. The van der Waals surface area contributed by atoms with Crippen LogP contribution in [0, 0.1) is 0 Å². The third-order valence-corrected chi connectivity index (χ3v) is 4.73. The lowest BCUT2D eigenvalue weighted by Crippen LogP contribution is -2.37. The summed E-state index contributed by atoms with van der Waals surface area (Å²) < 4.78 is 24.2. The first kappa shape index (κ1) is 18.0. The van der Waals surface area contributed by atoms with Gasteiger partial charge in [-0.25, -0.2) is 9.97 Å². The number of carbonyl (C=O) groups excluding carboxylic acids is 2. The summed E-state index contributed by atoms with van der Waals surface area (Å²) in [6.45, 7) is -0.508. The molecule has 1 N–H and O–H groups in total. The summed E-state index contributed by atoms with van der Waals surface area (Å²) in [7, 11) is 0. The molecule has 0 radical (unpaired) electrons. The monoisotopic (exact) mass is 360 g/mol. The van der Waals surface area contributed by atoms with E-state index in [1.54, 1.807) is 6.20 Å². The van der Waals surface area contributed by atoms with E-state index in [0.29, 0.717) is 12.2 Å². The van der Waals surface area contributed by atoms with Crippen molar-refractivity contribution >= 4 is 11.7 Å². The smallest absolute Gasteiger partial charge is 0.315 e. The van der Waals surface area contributed by atoms with Crippen LogP contribution in [-0.2, 0) is 16.6 Å². The molecule has 0 atom stereocenters. The lowest BCUT2D eigenvalue weighted by molar-refractivity contribution is -0.131. The summed E-state index contributed by atoms with van der Waals surface area (Å²) in [4.78, 5) is 35.4. The number of hydrogen-bond acceptors (Lipinski definition) is 5. The molecular formula is C18H18F2N4O2. The van der Waals surface area contributed by atoms with Crippen molar-refractivity contribution in [3.63, 3.8) is 0 Å². The highest BCUT2D eigenvalue weighted by molar-refractivity contribution is 5.99. The molecule has 8 heteroatoms. The summed E-state index contributed by atoms with van der Waals surface area (Å²) in [5, 5.41) is 1.87. The normalized spacial score (nSPS) is 15.3. The Labute approximate surface area is 149 Å². The van der Waals surface area contributed by atoms with Crippen LogP contribution in [0.5, 0.6) is 0 Å². The molecule has 0 aliphatic heterocycles. The SMILES string of the molecule is O=C(CNC(=O)C(F)F)c1cnc(CC2(c3cccnc3)CCC2)nc1. The van der Waals surface area contributed by atoms with Gasteiger partial charge >= 0.3 is 6.43 Å². The van der Waals surface area contributed by atoms with E-state index in [9.17, 15) is 18.4 Å². The highest BCUT2D eigenvalue weighted by atomic mass is 19.3. The second-order valence-corrected chi connectivity index (χ2v) is 6.38. The van der Waals surface area contributed by atoms with Gasteiger partial charge in [-0.2, -0.15) is 8.78 Å². The fraction of sp³-hybridized carbons (Fsp3) is 0.389. The molecule has 1 saturated carbocycles. The first-order chi connectivity index (χ1) is 12.5. The Morgan fingerprint density at radius 3 is 2.46 bits per heavy atom. The molecule has 0 aromatic carbocycles. The van der Waals surface area contributed by atoms with Crippen LogP contribution >= 0.6 is 0 Å². The van der Waals surface area contributed by atoms with Gasteiger partial charge in [0.15, 0.2) is 5.78 Å². The maximum absolute atomic E-state index is 12.1. The number of alkyl halides is 2. The molecule has 26 heavy (non-hydrogen) atoms. The number of nitrogens with one attached hydrogen (secondary N) is 1. The van der Waals surface area contributed by atoms with E-state index in [-0.39, 0.29) is 11.0 Å². The topological polar surface area (TPSA) is 84.8 Å². The predicted molar refractivity (Wildman–Crippen MR) is 88.8 cm³/mol. The van der Waals surface area contributed by atoms with Gasteiger partial charge in [0.05, 0.1) is 12.1 Å². The molecule has 1 amide bonds. The maximum atomic E-state index is 12.1. The van der Waals surface area contributed by atoms with Crippen LogP contribution in [0.2, 0.25) is 0 Å². The summed E-state index contributed by atoms with van der Waals surface area (Å²) >= 11 is 0. The van der Waals surface area contributed by atoms with Crippen LogP contribution in [0.25, 0.3) is 0 Å². The molecular weight excluding hydrogens is 342 g/mol. The van der Waals surface area contributed by atoms with E-state index < -0.39 is 24.7 Å². The maximum Gasteiger partial charge on any atom is 0.315 e. The third kappa shape index (κ3) is 3.89. The number of aromatic nitrogens is 3. The zero-order chi connectivity index (χ0) is 18.6. The summed E-state index contributed by atoms with van der Waals surface area (Å²) in [5.41, 5.74) is 1.31. The van der Waals surface area contributed by atoms with Gasteiger partial charge in [0.2, 0.25) is 0 Å². The minimum atomic E-state index is -3.15. The highest BCUT2D eigenvalue weighted by Gasteiger charge is 2.39. The standard InChI is InChI=1S/C18H18F2N4O2/c19-16(20)17(26)24-11-14(25)12-8-22-15(23-9-12)7-18(4-2-5-18)13-3-1-6-21-10-13/h1,3,6,8-10,16H,2,4-5,7,11H2,(H,24,26). The van der Waals surface area contributed by atoms with E-state index >= 15 is 0 Å². The zero-order valence-electron chi connectivity index (χ0n) is 14.0. The van der Waals surface area contributed by atoms with E-state index in [2.05, 4.69) is 21.0 Å². The van der Waals surface area contributed by atoms with Gasteiger partial charge in [0.1, 0.15) is 5.82 Å². The van der Waals surface area contributed by atoms with Crippen molar-refractivity contribution in [1.29, 1.82) is 0 Å². The molecule has 1 fully saturated rings. The molecule has 1 aliphatic rings. The molecule has 2 aromatic heterocycles. The van der Waals surface area contributed by atoms with Crippen molar-refractivity contribution in [1.82, 2.24) is 20.3 Å². The van der Waals surface area contributed by atoms with Crippen molar-refractivity contribution in [2.24, 2.45) is 0 Å². The van der Waals surface area contributed by atoms with E-state index in [1.807, 2.05) is 17.6 Å². The Kier molecular flexibility index (Phi) is 5.29. The van der Waals surface area contributed by atoms with Crippen LogP contribution < -0.4 is 5.32 Å². The highest BCUT2D eigenvalue weighted by Crippen LogP contribution is 2.45. The minimum absolute atomic E-state index is 0.0228. The fourth-order valence-corrected chi connectivity index (χ4v) is 3.09. The van der Waals surface area contributed by atoms with Gasteiger partial charge in [0.25, 0.3) is 5.91 Å². The average molecular weight is 360 g/mol. The van der Waals surface area contributed by atoms with Crippen molar-refractivity contribution in [3.8, 4) is 0 Å². The molecule has 6 nitrogen and oxygen atoms in total. The van der Waals surface area contributed by atoms with Gasteiger partial charge < -0.3 is 5.32 Å². The molecule has 0 saturated heterocycles. The number of rotatable bonds is 7.